The maximum Gasteiger partial charge on any atom is 0.333 e. The monoisotopic (exact) mass is 337 g/mol. The van der Waals surface area contributed by atoms with E-state index in [1.165, 1.54) is 11.1 Å². The molecule has 0 aromatic carbocycles. The lowest BCUT2D eigenvalue weighted by Crippen LogP contribution is -2.27. The maximum atomic E-state index is 11.9. The highest BCUT2D eigenvalue weighted by molar-refractivity contribution is 5.99. The molecule has 1 rings (SSSR count). The van der Waals surface area contributed by atoms with E-state index in [1.807, 2.05) is 0 Å². The van der Waals surface area contributed by atoms with Crippen LogP contribution in [0, 0.1) is 5.92 Å². The molecule has 6 heteroatoms. The number of allylic oxidation sites excluding steroid dienone is 1. The number of amides is 1. The molecule has 0 bridgehead atoms. The molecule has 1 atom stereocenters. The lowest BCUT2D eigenvalue weighted by atomic mass is 10.1. The highest BCUT2D eigenvalue weighted by atomic mass is 16.5. The Morgan fingerprint density at radius 3 is 2.38 bits per heavy atom. The van der Waals surface area contributed by atoms with Gasteiger partial charge in [-0.3, -0.25) is 9.59 Å². The maximum absolute atomic E-state index is 11.9. The van der Waals surface area contributed by atoms with E-state index in [4.69, 9.17) is 9.47 Å². The van der Waals surface area contributed by atoms with Crippen LogP contribution in [-0.2, 0) is 23.9 Å². The normalized spacial score (nSPS) is 17.8. The Labute approximate surface area is 143 Å². The fourth-order valence-electron chi connectivity index (χ4n) is 2.33. The van der Waals surface area contributed by atoms with Gasteiger partial charge in [-0.15, -0.1) is 0 Å². The van der Waals surface area contributed by atoms with E-state index in [0.29, 0.717) is 31.8 Å². The third-order valence-electron chi connectivity index (χ3n) is 4.02. The van der Waals surface area contributed by atoms with Crippen LogP contribution in [0.4, 0.5) is 0 Å². The number of nitrogens with zero attached hydrogens (tertiary/aromatic N) is 1. The molecule has 1 aliphatic rings. The van der Waals surface area contributed by atoms with Gasteiger partial charge in [0, 0.05) is 12.1 Å². The summed E-state index contributed by atoms with van der Waals surface area (Å²) < 4.78 is 10.3. The predicted molar refractivity (Wildman–Crippen MR) is 89.8 cm³/mol. The standard InChI is InChI=1S/C18H27NO5/c1-4-14(3)17(21)23-12-8-6-7-9-13-24-18(22)15-10-11-19(5-2)16(15)20/h4-5,15H,2,6-13H2,1,3H3/b14-4-. The third kappa shape index (κ3) is 6.18. The van der Waals surface area contributed by atoms with Gasteiger partial charge >= 0.3 is 11.9 Å². The van der Waals surface area contributed by atoms with E-state index < -0.39 is 11.9 Å². The molecule has 0 saturated carbocycles. The molecule has 1 unspecified atom stereocenters. The topological polar surface area (TPSA) is 72.9 Å². The summed E-state index contributed by atoms with van der Waals surface area (Å²) >= 11 is 0. The van der Waals surface area contributed by atoms with Crippen molar-refractivity contribution in [2.75, 3.05) is 19.8 Å². The van der Waals surface area contributed by atoms with Gasteiger partial charge in [-0.25, -0.2) is 4.79 Å². The van der Waals surface area contributed by atoms with Crippen LogP contribution in [0.15, 0.2) is 24.4 Å². The number of carbonyl (C=O) groups excluding carboxylic acids is 3. The summed E-state index contributed by atoms with van der Waals surface area (Å²) in [5, 5.41) is 0. The van der Waals surface area contributed by atoms with Crippen molar-refractivity contribution in [1.29, 1.82) is 0 Å². The second-order valence-electron chi connectivity index (χ2n) is 5.74. The molecule has 0 aromatic heterocycles. The number of esters is 2. The van der Waals surface area contributed by atoms with Gasteiger partial charge in [-0.2, -0.15) is 0 Å². The minimum atomic E-state index is -0.683. The van der Waals surface area contributed by atoms with Crippen LogP contribution in [0.25, 0.3) is 0 Å². The van der Waals surface area contributed by atoms with E-state index in [9.17, 15) is 14.4 Å². The van der Waals surface area contributed by atoms with Crippen molar-refractivity contribution in [3.63, 3.8) is 0 Å². The Morgan fingerprint density at radius 2 is 1.83 bits per heavy atom. The van der Waals surface area contributed by atoms with Crippen LogP contribution in [0.1, 0.15) is 46.0 Å². The summed E-state index contributed by atoms with van der Waals surface area (Å²) in [4.78, 5) is 36.5. The zero-order valence-corrected chi connectivity index (χ0v) is 14.6. The number of hydrogen-bond acceptors (Lipinski definition) is 5. The minimum absolute atomic E-state index is 0.228. The van der Waals surface area contributed by atoms with Gasteiger partial charge in [-0.05, 0) is 52.2 Å². The molecular weight excluding hydrogens is 310 g/mol. The smallest absolute Gasteiger partial charge is 0.333 e. The first kappa shape index (κ1) is 19.9. The van der Waals surface area contributed by atoms with Gasteiger partial charge in [0.05, 0.1) is 13.2 Å². The van der Waals surface area contributed by atoms with Crippen molar-refractivity contribution >= 4 is 17.8 Å². The number of rotatable bonds is 10. The Bertz CT molecular complexity index is 498. The fourth-order valence-corrected chi connectivity index (χ4v) is 2.33. The molecule has 1 saturated heterocycles. The molecule has 0 aromatic rings. The summed E-state index contributed by atoms with van der Waals surface area (Å²) in [7, 11) is 0. The van der Waals surface area contributed by atoms with Crippen LogP contribution in [0.5, 0.6) is 0 Å². The summed E-state index contributed by atoms with van der Waals surface area (Å²) in [6, 6.07) is 0. The first-order valence-electron chi connectivity index (χ1n) is 8.41. The number of likely N-dealkylation sites (tertiary alicyclic amines) is 1. The van der Waals surface area contributed by atoms with Crippen LogP contribution < -0.4 is 0 Å². The average Bonchev–Trinajstić information content (AvgIpc) is 2.96. The minimum Gasteiger partial charge on any atom is -0.465 e. The molecule has 134 valence electrons. The molecule has 24 heavy (non-hydrogen) atoms. The Kier molecular flexibility index (Phi) is 8.83. The van der Waals surface area contributed by atoms with Crippen LogP contribution in [-0.4, -0.2) is 42.5 Å². The number of unbranched alkanes of at least 4 members (excludes halogenated alkanes) is 3. The van der Waals surface area contributed by atoms with E-state index in [0.717, 1.165) is 25.7 Å². The molecule has 0 spiro atoms. The van der Waals surface area contributed by atoms with Gasteiger partial charge in [0.2, 0.25) is 5.91 Å². The van der Waals surface area contributed by atoms with Crippen LogP contribution in [0.2, 0.25) is 0 Å². The Hall–Kier alpha value is -2.11. The highest BCUT2D eigenvalue weighted by Gasteiger charge is 2.36. The van der Waals surface area contributed by atoms with Crippen molar-refractivity contribution in [1.82, 2.24) is 4.90 Å². The molecule has 0 aliphatic carbocycles. The van der Waals surface area contributed by atoms with Crippen molar-refractivity contribution in [2.24, 2.45) is 5.92 Å². The van der Waals surface area contributed by atoms with E-state index in [-0.39, 0.29) is 11.9 Å². The van der Waals surface area contributed by atoms with Gasteiger partial charge in [0.1, 0.15) is 5.92 Å². The predicted octanol–water partition coefficient (Wildman–Crippen LogP) is 2.59. The largest absolute Gasteiger partial charge is 0.465 e. The van der Waals surface area contributed by atoms with Crippen LogP contribution in [0.3, 0.4) is 0 Å². The second kappa shape index (κ2) is 10.6. The van der Waals surface area contributed by atoms with Crippen LogP contribution >= 0.6 is 0 Å². The molecule has 1 fully saturated rings. The van der Waals surface area contributed by atoms with E-state index >= 15 is 0 Å². The Morgan fingerprint density at radius 1 is 1.21 bits per heavy atom. The molecule has 1 aliphatic heterocycles. The first-order valence-corrected chi connectivity index (χ1v) is 8.41. The summed E-state index contributed by atoms with van der Waals surface area (Å²) in [5.41, 5.74) is 0.610. The summed E-state index contributed by atoms with van der Waals surface area (Å²) in [5.74, 6) is -1.63. The van der Waals surface area contributed by atoms with E-state index in [1.54, 1.807) is 19.9 Å². The van der Waals surface area contributed by atoms with Crippen molar-refractivity contribution < 1.29 is 23.9 Å². The van der Waals surface area contributed by atoms with Gasteiger partial charge in [-0.1, -0.05) is 12.7 Å². The number of carbonyl (C=O) groups is 3. The van der Waals surface area contributed by atoms with Gasteiger partial charge in [0.15, 0.2) is 0 Å². The van der Waals surface area contributed by atoms with Crippen molar-refractivity contribution in [2.45, 2.75) is 46.0 Å². The second-order valence-corrected chi connectivity index (χ2v) is 5.74. The highest BCUT2D eigenvalue weighted by Crippen LogP contribution is 2.19. The quantitative estimate of drug-likeness (QED) is 0.265. The average molecular weight is 337 g/mol. The first-order chi connectivity index (χ1) is 11.5. The van der Waals surface area contributed by atoms with Gasteiger partial charge < -0.3 is 14.4 Å². The zero-order valence-electron chi connectivity index (χ0n) is 14.6. The lowest BCUT2D eigenvalue weighted by molar-refractivity contribution is -0.152. The Balaban J connectivity index is 2.04. The van der Waals surface area contributed by atoms with Gasteiger partial charge in [0.25, 0.3) is 0 Å². The van der Waals surface area contributed by atoms with Crippen molar-refractivity contribution in [3.05, 3.63) is 24.4 Å². The van der Waals surface area contributed by atoms with E-state index in [2.05, 4.69) is 6.58 Å². The fraction of sp³-hybridized carbons (Fsp3) is 0.611. The SMILES string of the molecule is C=CN1CCC(C(=O)OCCCCCCOC(=O)/C(C)=C\C)C1=O. The molecular formula is C18H27NO5. The number of ether oxygens (including phenoxy) is 2. The van der Waals surface area contributed by atoms with Crippen molar-refractivity contribution in [3.8, 4) is 0 Å². The molecule has 0 radical (unpaired) electrons. The molecule has 1 heterocycles. The molecule has 1 amide bonds. The zero-order chi connectivity index (χ0) is 17.9. The molecule has 0 N–H and O–H groups in total. The summed E-state index contributed by atoms with van der Waals surface area (Å²) in [6.45, 7) is 8.30. The lowest BCUT2D eigenvalue weighted by Gasteiger charge is -2.11. The molecule has 6 nitrogen and oxygen atoms in total. The number of hydrogen-bond donors (Lipinski definition) is 0. The summed E-state index contributed by atoms with van der Waals surface area (Å²) in [6.07, 6.45) is 6.95. The third-order valence-corrected chi connectivity index (χ3v) is 4.02.